The summed E-state index contributed by atoms with van der Waals surface area (Å²) in [6, 6.07) is 0. The van der Waals surface area contributed by atoms with Gasteiger partial charge in [-0.25, -0.2) is 0 Å². The number of aliphatic carboxylic acids is 1. The molecule has 4 heteroatoms. The molecule has 0 fully saturated rings. The van der Waals surface area contributed by atoms with Crippen molar-refractivity contribution in [2.45, 2.75) is 187 Å². The number of unbranched alkanes of at least 4 members (excludes halogenated alkanes) is 19. The minimum Gasteiger partial charge on any atom is -0.481 e. The van der Waals surface area contributed by atoms with E-state index >= 15 is 0 Å². The molecular weight excluding hydrogens is 436 g/mol. The van der Waals surface area contributed by atoms with Crippen LogP contribution in [0.25, 0.3) is 0 Å². The average molecular weight is 497 g/mol. The molecule has 0 saturated carbocycles. The minimum absolute atomic E-state index is 0.0121. The van der Waals surface area contributed by atoms with Crippen molar-refractivity contribution in [3.05, 3.63) is 0 Å². The molecule has 0 heterocycles. The Labute approximate surface area is 218 Å². The van der Waals surface area contributed by atoms with Crippen LogP contribution in [0.5, 0.6) is 0 Å². The lowest BCUT2D eigenvalue weighted by atomic mass is 10.0. The number of carbonyl (C=O) groups is 2. The van der Waals surface area contributed by atoms with Crippen LogP contribution in [0.3, 0.4) is 0 Å². The fraction of sp³-hybridized carbons (Fsp3) is 0.935. The Balaban J connectivity index is 3.53. The molecule has 0 rings (SSSR count). The van der Waals surface area contributed by atoms with Crippen molar-refractivity contribution in [3.63, 3.8) is 0 Å². The molecule has 208 valence electrons. The van der Waals surface area contributed by atoms with Gasteiger partial charge in [-0.2, -0.15) is 0 Å². The first-order valence-corrected chi connectivity index (χ1v) is 15.5. The van der Waals surface area contributed by atoms with Crippen molar-refractivity contribution in [3.8, 4) is 0 Å². The van der Waals surface area contributed by atoms with E-state index in [2.05, 4.69) is 13.8 Å². The average Bonchev–Trinajstić information content (AvgIpc) is 2.83. The van der Waals surface area contributed by atoms with Gasteiger partial charge in [-0.1, -0.05) is 136 Å². The normalized spacial score (nSPS) is 12.1. The van der Waals surface area contributed by atoms with Crippen LogP contribution in [0.15, 0.2) is 0 Å². The summed E-state index contributed by atoms with van der Waals surface area (Å²) < 4.78 is 5.75. The van der Waals surface area contributed by atoms with E-state index in [1.807, 2.05) is 0 Å². The summed E-state index contributed by atoms with van der Waals surface area (Å²) in [5, 5.41) is 8.73. The molecule has 0 radical (unpaired) electrons. The van der Waals surface area contributed by atoms with E-state index in [0.717, 1.165) is 51.4 Å². The number of hydrogen-bond donors (Lipinski definition) is 1. The molecule has 0 saturated heterocycles. The van der Waals surface area contributed by atoms with Crippen LogP contribution in [0, 0.1) is 0 Å². The van der Waals surface area contributed by atoms with E-state index in [0.29, 0.717) is 12.8 Å². The molecule has 0 aromatic carbocycles. The lowest BCUT2D eigenvalue weighted by Crippen LogP contribution is -2.18. The van der Waals surface area contributed by atoms with Gasteiger partial charge < -0.3 is 9.84 Å². The largest absolute Gasteiger partial charge is 0.481 e. The Morgan fingerprint density at radius 1 is 0.514 bits per heavy atom. The molecule has 0 aliphatic rings. The zero-order chi connectivity index (χ0) is 25.8. The Bertz CT molecular complexity index is 463. The van der Waals surface area contributed by atoms with E-state index < -0.39 is 5.97 Å². The van der Waals surface area contributed by atoms with Gasteiger partial charge in [-0.15, -0.1) is 0 Å². The zero-order valence-electron chi connectivity index (χ0n) is 23.6. The van der Waals surface area contributed by atoms with Gasteiger partial charge in [0.05, 0.1) is 0 Å². The number of hydrogen-bond acceptors (Lipinski definition) is 3. The second-order valence-corrected chi connectivity index (χ2v) is 10.7. The summed E-state index contributed by atoms with van der Waals surface area (Å²) in [4.78, 5) is 22.9. The fourth-order valence-corrected chi connectivity index (χ4v) is 4.76. The smallest absolute Gasteiger partial charge is 0.306 e. The van der Waals surface area contributed by atoms with Crippen LogP contribution in [0.1, 0.15) is 181 Å². The summed E-state index contributed by atoms with van der Waals surface area (Å²) in [6.45, 7) is 4.44. The standard InChI is InChI=1S/C31H60O4/c1-3-5-7-8-9-10-11-12-13-14-15-16-17-18-19-20-24-28-31(34)35-29(25-6-4-2)26-22-21-23-27-30(32)33/h29H,3-28H2,1-2H3,(H,32,33). The Hall–Kier alpha value is -1.06. The molecule has 1 N–H and O–H groups in total. The molecule has 0 aromatic rings. The molecule has 4 nitrogen and oxygen atoms in total. The SMILES string of the molecule is CCCCCCCCCCCCCCCCCCCC(=O)OC(CCCC)CCCCCC(=O)O. The lowest BCUT2D eigenvalue weighted by Gasteiger charge is -2.17. The van der Waals surface area contributed by atoms with Crippen LogP contribution < -0.4 is 0 Å². The molecular formula is C31H60O4. The third-order valence-electron chi connectivity index (χ3n) is 7.08. The Morgan fingerprint density at radius 3 is 1.34 bits per heavy atom. The van der Waals surface area contributed by atoms with E-state index in [1.54, 1.807) is 0 Å². The van der Waals surface area contributed by atoms with Gasteiger partial charge in [0.25, 0.3) is 0 Å². The minimum atomic E-state index is -0.729. The molecule has 1 atom stereocenters. The second kappa shape index (κ2) is 27.5. The Morgan fingerprint density at radius 2 is 0.886 bits per heavy atom. The predicted molar refractivity (Wildman–Crippen MR) is 149 cm³/mol. The summed E-state index contributed by atoms with van der Waals surface area (Å²) in [5.74, 6) is -0.773. The van der Waals surface area contributed by atoms with Crippen molar-refractivity contribution in [2.24, 2.45) is 0 Å². The van der Waals surface area contributed by atoms with Gasteiger partial charge in [-0.05, 0) is 32.1 Å². The van der Waals surface area contributed by atoms with Gasteiger partial charge >= 0.3 is 11.9 Å². The Kier molecular flexibility index (Phi) is 26.7. The highest BCUT2D eigenvalue weighted by atomic mass is 16.5. The molecule has 0 aliphatic carbocycles. The van der Waals surface area contributed by atoms with Crippen LogP contribution in [-0.4, -0.2) is 23.1 Å². The van der Waals surface area contributed by atoms with E-state index in [1.165, 1.54) is 96.3 Å². The third kappa shape index (κ3) is 27.4. The maximum atomic E-state index is 12.3. The van der Waals surface area contributed by atoms with Gasteiger partial charge in [0, 0.05) is 12.8 Å². The maximum absolute atomic E-state index is 12.3. The first kappa shape index (κ1) is 33.9. The highest BCUT2D eigenvalue weighted by Crippen LogP contribution is 2.17. The van der Waals surface area contributed by atoms with Gasteiger partial charge in [0.15, 0.2) is 0 Å². The molecule has 35 heavy (non-hydrogen) atoms. The molecule has 0 amide bonds. The second-order valence-electron chi connectivity index (χ2n) is 10.7. The summed E-state index contributed by atoms with van der Waals surface area (Å²) >= 11 is 0. The molecule has 1 unspecified atom stereocenters. The first-order valence-electron chi connectivity index (χ1n) is 15.5. The highest BCUT2D eigenvalue weighted by molar-refractivity contribution is 5.69. The quantitative estimate of drug-likeness (QED) is 0.0864. The maximum Gasteiger partial charge on any atom is 0.306 e. The number of carbonyl (C=O) groups excluding carboxylic acids is 1. The number of esters is 1. The number of carboxylic acid groups (broad SMARTS) is 1. The third-order valence-corrected chi connectivity index (χ3v) is 7.08. The predicted octanol–water partition coefficient (Wildman–Crippen LogP) is 10.2. The van der Waals surface area contributed by atoms with Crippen LogP contribution in [-0.2, 0) is 14.3 Å². The topological polar surface area (TPSA) is 63.6 Å². The van der Waals surface area contributed by atoms with Crippen LogP contribution in [0.2, 0.25) is 0 Å². The van der Waals surface area contributed by atoms with Gasteiger partial charge in [-0.3, -0.25) is 9.59 Å². The monoisotopic (exact) mass is 496 g/mol. The summed E-state index contributed by atoms with van der Waals surface area (Å²) in [5.41, 5.74) is 0. The molecule has 0 aliphatic heterocycles. The van der Waals surface area contributed by atoms with Crippen molar-refractivity contribution in [2.75, 3.05) is 0 Å². The van der Waals surface area contributed by atoms with Gasteiger partial charge in [0.1, 0.15) is 6.10 Å². The summed E-state index contributed by atoms with van der Waals surface area (Å²) in [6.07, 6.45) is 30.2. The zero-order valence-corrected chi connectivity index (χ0v) is 23.6. The van der Waals surface area contributed by atoms with Crippen LogP contribution >= 0.6 is 0 Å². The van der Waals surface area contributed by atoms with E-state index in [-0.39, 0.29) is 18.5 Å². The van der Waals surface area contributed by atoms with E-state index in [4.69, 9.17) is 9.84 Å². The fourth-order valence-electron chi connectivity index (χ4n) is 4.76. The number of ether oxygens (including phenoxy) is 1. The van der Waals surface area contributed by atoms with Crippen molar-refractivity contribution in [1.29, 1.82) is 0 Å². The van der Waals surface area contributed by atoms with Crippen LogP contribution in [0.4, 0.5) is 0 Å². The van der Waals surface area contributed by atoms with E-state index in [9.17, 15) is 9.59 Å². The van der Waals surface area contributed by atoms with Gasteiger partial charge in [0.2, 0.25) is 0 Å². The molecule has 0 spiro atoms. The molecule has 0 bridgehead atoms. The summed E-state index contributed by atoms with van der Waals surface area (Å²) in [7, 11) is 0. The lowest BCUT2D eigenvalue weighted by molar-refractivity contribution is -0.150. The molecule has 0 aromatic heterocycles. The highest BCUT2D eigenvalue weighted by Gasteiger charge is 2.14. The first-order chi connectivity index (χ1) is 17.1. The van der Waals surface area contributed by atoms with Crippen molar-refractivity contribution in [1.82, 2.24) is 0 Å². The van der Waals surface area contributed by atoms with Crippen molar-refractivity contribution >= 4 is 11.9 Å². The number of carboxylic acids is 1. The number of rotatable bonds is 28. The van der Waals surface area contributed by atoms with Crippen molar-refractivity contribution < 1.29 is 19.4 Å².